The van der Waals surface area contributed by atoms with Gasteiger partial charge < -0.3 is 19.5 Å². The van der Waals surface area contributed by atoms with Gasteiger partial charge in [0.25, 0.3) is 11.7 Å². The number of carbonyl (C=O) groups is 2. The minimum absolute atomic E-state index is 0.0969. The van der Waals surface area contributed by atoms with Crippen LogP contribution in [0.15, 0.2) is 84.4 Å². The molecule has 0 saturated carbocycles. The minimum atomic E-state index is -0.683. The molecule has 0 aromatic heterocycles. The maximum atomic E-state index is 13.1. The van der Waals surface area contributed by atoms with Crippen molar-refractivity contribution in [3.8, 4) is 5.75 Å². The van der Waals surface area contributed by atoms with Gasteiger partial charge in [-0.1, -0.05) is 60.7 Å². The van der Waals surface area contributed by atoms with Gasteiger partial charge in [0.15, 0.2) is 0 Å². The summed E-state index contributed by atoms with van der Waals surface area (Å²) in [5.41, 5.74) is 3.15. The number of likely N-dealkylation sites (tertiary alicyclic amines) is 1. The molecule has 0 spiro atoms. The van der Waals surface area contributed by atoms with Crippen molar-refractivity contribution in [1.82, 2.24) is 4.90 Å². The van der Waals surface area contributed by atoms with E-state index in [9.17, 15) is 14.7 Å². The monoisotopic (exact) mass is 471 g/mol. The Morgan fingerprint density at radius 3 is 2.31 bits per heavy atom. The molecule has 0 bridgehead atoms. The molecular formula is C29H29NO5. The number of rotatable bonds is 9. The fraction of sp³-hybridized carbons (Fsp3) is 0.241. The van der Waals surface area contributed by atoms with Crippen LogP contribution in [0.1, 0.15) is 34.7 Å². The highest BCUT2D eigenvalue weighted by Crippen LogP contribution is 2.40. The molecule has 0 aliphatic carbocycles. The van der Waals surface area contributed by atoms with Gasteiger partial charge in [-0.05, 0) is 48.2 Å². The molecule has 3 aromatic carbocycles. The molecule has 1 aliphatic heterocycles. The SMILES string of the molecule is COCCCN1C(=O)C(=O)/C(=C(/O)c2ccc(OCc3ccccc3)cc2C)[C@@H]1c1ccccc1. The van der Waals surface area contributed by atoms with Crippen molar-refractivity contribution in [3.63, 3.8) is 0 Å². The van der Waals surface area contributed by atoms with Crippen LogP contribution in [-0.2, 0) is 20.9 Å². The molecule has 1 aliphatic rings. The van der Waals surface area contributed by atoms with Gasteiger partial charge in [0.05, 0.1) is 11.6 Å². The fourth-order valence-corrected chi connectivity index (χ4v) is 4.35. The number of ether oxygens (including phenoxy) is 2. The Balaban J connectivity index is 1.67. The zero-order chi connectivity index (χ0) is 24.8. The molecule has 0 radical (unpaired) electrons. The van der Waals surface area contributed by atoms with Crippen LogP contribution >= 0.6 is 0 Å². The molecule has 4 rings (SSSR count). The lowest BCUT2D eigenvalue weighted by atomic mass is 9.94. The van der Waals surface area contributed by atoms with Crippen LogP contribution in [0, 0.1) is 6.92 Å². The predicted octanol–water partition coefficient (Wildman–Crippen LogP) is 5.03. The van der Waals surface area contributed by atoms with Crippen LogP contribution in [-0.4, -0.2) is 42.0 Å². The maximum Gasteiger partial charge on any atom is 0.295 e. The summed E-state index contributed by atoms with van der Waals surface area (Å²) in [5, 5.41) is 11.3. The Morgan fingerprint density at radius 1 is 0.971 bits per heavy atom. The summed E-state index contributed by atoms with van der Waals surface area (Å²) in [6, 6.07) is 23.8. The van der Waals surface area contributed by atoms with E-state index >= 15 is 0 Å². The largest absolute Gasteiger partial charge is 0.507 e. The molecule has 1 N–H and O–H groups in total. The summed E-state index contributed by atoms with van der Waals surface area (Å²) in [6.45, 7) is 3.08. The number of amides is 1. The first kappa shape index (κ1) is 24.2. The van der Waals surface area contributed by atoms with Crippen molar-refractivity contribution in [2.75, 3.05) is 20.3 Å². The van der Waals surface area contributed by atoms with Gasteiger partial charge >= 0.3 is 0 Å². The summed E-state index contributed by atoms with van der Waals surface area (Å²) in [5.74, 6) is -0.823. The second-order valence-electron chi connectivity index (χ2n) is 8.50. The highest BCUT2D eigenvalue weighted by atomic mass is 16.5. The highest BCUT2D eigenvalue weighted by Gasteiger charge is 2.45. The lowest BCUT2D eigenvalue weighted by Gasteiger charge is -2.25. The smallest absolute Gasteiger partial charge is 0.295 e. The number of methoxy groups -OCH3 is 1. The van der Waals surface area contributed by atoms with Crippen LogP contribution in [0.25, 0.3) is 5.76 Å². The number of carbonyl (C=O) groups excluding carboxylic acids is 2. The van der Waals surface area contributed by atoms with Crippen LogP contribution in [0.5, 0.6) is 5.75 Å². The number of aryl methyl sites for hydroxylation is 1. The van der Waals surface area contributed by atoms with Crippen LogP contribution in [0.4, 0.5) is 0 Å². The second kappa shape index (κ2) is 11.0. The Kier molecular flexibility index (Phi) is 7.63. The lowest BCUT2D eigenvalue weighted by molar-refractivity contribution is -0.140. The third-order valence-electron chi connectivity index (χ3n) is 6.10. The van der Waals surface area contributed by atoms with E-state index in [2.05, 4.69) is 0 Å². The Morgan fingerprint density at radius 2 is 1.66 bits per heavy atom. The van der Waals surface area contributed by atoms with Gasteiger partial charge in [0, 0.05) is 25.8 Å². The zero-order valence-electron chi connectivity index (χ0n) is 19.9. The molecule has 1 amide bonds. The topological polar surface area (TPSA) is 76.1 Å². The van der Waals surface area contributed by atoms with Crippen LogP contribution in [0.3, 0.4) is 0 Å². The number of aliphatic hydroxyl groups is 1. The standard InChI is InChI=1S/C29H29NO5/c1-20-18-23(35-19-21-10-5-3-6-11-21)14-15-24(20)27(31)25-26(22-12-7-4-8-13-22)30(16-9-17-34-2)29(33)28(25)32/h3-8,10-15,18,26,31H,9,16-17,19H2,1-2H3/b27-25+/t26-/m0/s1. The van der Waals surface area contributed by atoms with Crippen molar-refractivity contribution in [3.05, 3.63) is 107 Å². The second-order valence-corrected chi connectivity index (χ2v) is 8.50. The average Bonchev–Trinajstić information content (AvgIpc) is 3.13. The Bertz CT molecular complexity index is 1220. The maximum absolute atomic E-state index is 13.1. The van der Waals surface area contributed by atoms with E-state index in [0.29, 0.717) is 37.5 Å². The van der Waals surface area contributed by atoms with Gasteiger partial charge in [-0.2, -0.15) is 0 Å². The number of hydrogen-bond acceptors (Lipinski definition) is 5. The number of ketones is 1. The molecule has 1 fully saturated rings. The third kappa shape index (κ3) is 5.28. The quantitative estimate of drug-likeness (QED) is 0.205. The molecule has 1 atom stereocenters. The molecule has 6 heteroatoms. The van der Waals surface area contributed by atoms with E-state index in [1.165, 1.54) is 4.90 Å². The van der Waals surface area contributed by atoms with E-state index in [-0.39, 0.29) is 11.3 Å². The minimum Gasteiger partial charge on any atom is -0.507 e. The summed E-state index contributed by atoms with van der Waals surface area (Å²) in [7, 11) is 1.60. The van der Waals surface area contributed by atoms with Gasteiger partial charge in [-0.3, -0.25) is 9.59 Å². The molecule has 1 heterocycles. The van der Waals surface area contributed by atoms with E-state index in [1.54, 1.807) is 19.2 Å². The number of nitrogens with zero attached hydrogens (tertiary/aromatic N) is 1. The first-order valence-corrected chi connectivity index (χ1v) is 11.6. The number of aliphatic hydroxyl groups excluding tert-OH is 1. The summed E-state index contributed by atoms with van der Waals surface area (Å²) in [6.07, 6.45) is 0.583. The highest BCUT2D eigenvalue weighted by molar-refractivity contribution is 6.46. The van der Waals surface area contributed by atoms with Crippen LogP contribution in [0.2, 0.25) is 0 Å². The average molecular weight is 472 g/mol. The first-order valence-electron chi connectivity index (χ1n) is 11.6. The molecule has 0 unspecified atom stereocenters. The lowest BCUT2D eigenvalue weighted by Crippen LogP contribution is -2.31. The Labute approximate surface area is 205 Å². The molecule has 3 aromatic rings. The molecule has 1 saturated heterocycles. The summed E-state index contributed by atoms with van der Waals surface area (Å²) < 4.78 is 11.0. The van der Waals surface area contributed by atoms with Crippen molar-refractivity contribution in [1.29, 1.82) is 0 Å². The summed E-state index contributed by atoms with van der Waals surface area (Å²) >= 11 is 0. The van der Waals surface area contributed by atoms with Crippen molar-refractivity contribution >= 4 is 17.4 Å². The molecule has 35 heavy (non-hydrogen) atoms. The van der Waals surface area contributed by atoms with E-state index in [1.807, 2.05) is 73.7 Å². The van der Waals surface area contributed by atoms with Crippen molar-refractivity contribution in [2.24, 2.45) is 0 Å². The first-order chi connectivity index (χ1) is 17.0. The number of benzene rings is 3. The Hall–Kier alpha value is -3.90. The number of hydrogen-bond donors (Lipinski definition) is 1. The van der Waals surface area contributed by atoms with Gasteiger partial charge in [-0.15, -0.1) is 0 Å². The zero-order valence-corrected chi connectivity index (χ0v) is 19.9. The molecule has 180 valence electrons. The number of Topliss-reactive ketones (excluding diaryl/α,β-unsaturated/α-hetero) is 1. The molecular weight excluding hydrogens is 442 g/mol. The van der Waals surface area contributed by atoms with Gasteiger partial charge in [0.1, 0.15) is 18.1 Å². The van der Waals surface area contributed by atoms with E-state index in [0.717, 1.165) is 16.7 Å². The summed E-state index contributed by atoms with van der Waals surface area (Å²) in [4.78, 5) is 27.6. The predicted molar refractivity (Wildman–Crippen MR) is 134 cm³/mol. The van der Waals surface area contributed by atoms with Crippen molar-refractivity contribution in [2.45, 2.75) is 26.0 Å². The third-order valence-corrected chi connectivity index (χ3v) is 6.10. The van der Waals surface area contributed by atoms with Gasteiger partial charge in [0.2, 0.25) is 0 Å². The molecule has 6 nitrogen and oxygen atoms in total. The van der Waals surface area contributed by atoms with E-state index in [4.69, 9.17) is 9.47 Å². The fourth-order valence-electron chi connectivity index (χ4n) is 4.35. The van der Waals surface area contributed by atoms with Gasteiger partial charge in [-0.25, -0.2) is 0 Å². The normalized spacial score (nSPS) is 17.1. The van der Waals surface area contributed by atoms with Crippen molar-refractivity contribution < 1.29 is 24.2 Å². The van der Waals surface area contributed by atoms with Crippen LogP contribution < -0.4 is 4.74 Å². The van der Waals surface area contributed by atoms with E-state index < -0.39 is 17.7 Å².